The molecule has 0 aliphatic rings. The first-order chi connectivity index (χ1) is 8.56. The Bertz CT molecular complexity index is 585. The van der Waals surface area contributed by atoms with E-state index in [1.807, 2.05) is 0 Å². The molecule has 92 valence electrons. The van der Waals surface area contributed by atoms with E-state index in [2.05, 4.69) is 5.32 Å². The van der Waals surface area contributed by atoms with Crippen LogP contribution in [-0.2, 0) is 0 Å². The van der Waals surface area contributed by atoms with Gasteiger partial charge in [0.05, 0.1) is 15.6 Å². The molecule has 0 saturated heterocycles. The molecule has 0 bridgehead atoms. The van der Waals surface area contributed by atoms with Gasteiger partial charge >= 0.3 is 0 Å². The van der Waals surface area contributed by atoms with Crippen LogP contribution in [0.2, 0.25) is 10.0 Å². The van der Waals surface area contributed by atoms with Crippen LogP contribution in [0.25, 0.3) is 0 Å². The molecule has 2 aromatic carbocycles. The van der Waals surface area contributed by atoms with E-state index in [1.165, 1.54) is 12.1 Å². The first kappa shape index (κ1) is 12.7. The average Bonchev–Trinajstić information content (AvgIpc) is 2.33. The summed E-state index contributed by atoms with van der Waals surface area (Å²) in [4.78, 5) is 10.1. The summed E-state index contributed by atoms with van der Waals surface area (Å²) < 4.78 is 0. The van der Waals surface area contributed by atoms with E-state index in [0.717, 1.165) is 0 Å². The van der Waals surface area contributed by atoms with Gasteiger partial charge in [-0.2, -0.15) is 0 Å². The van der Waals surface area contributed by atoms with Gasteiger partial charge in [0.25, 0.3) is 5.69 Å². The van der Waals surface area contributed by atoms with Crippen LogP contribution < -0.4 is 5.32 Å². The average molecular weight is 283 g/mol. The van der Waals surface area contributed by atoms with Crippen LogP contribution >= 0.6 is 23.2 Å². The molecule has 0 amide bonds. The Morgan fingerprint density at radius 3 is 2.28 bits per heavy atom. The quantitative estimate of drug-likeness (QED) is 0.659. The van der Waals surface area contributed by atoms with Gasteiger partial charge in [0.15, 0.2) is 0 Å². The lowest BCUT2D eigenvalue weighted by atomic mass is 10.2. The molecule has 1 N–H and O–H groups in total. The van der Waals surface area contributed by atoms with Crippen LogP contribution in [0.1, 0.15) is 0 Å². The molecule has 0 aliphatic carbocycles. The number of nitrogens with one attached hydrogen (secondary N) is 1. The number of nitro groups is 1. The van der Waals surface area contributed by atoms with E-state index >= 15 is 0 Å². The molecule has 6 heteroatoms. The maximum Gasteiger partial charge on any atom is 0.269 e. The molecule has 0 saturated carbocycles. The Balaban J connectivity index is 2.21. The molecule has 0 radical (unpaired) electrons. The topological polar surface area (TPSA) is 55.2 Å². The van der Waals surface area contributed by atoms with Crippen molar-refractivity contribution in [1.29, 1.82) is 0 Å². The lowest BCUT2D eigenvalue weighted by Gasteiger charge is -2.08. The van der Waals surface area contributed by atoms with Gasteiger partial charge in [-0.25, -0.2) is 0 Å². The Hall–Kier alpha value is -1.78. The predicted molar refractivity (Wildman–Crippen MR) is 72.8 cm³/mol. The second-order valence-electron chi connectivity index (χ2n) is 3.55. The molecule has 0 spiro atoms. The van der Waals surface area contributed by atoms with Crippen LogP contribution in [-0.4, -0.2) is 4.92 Å². The highest BCUT2D eigenvalue weighted by atomic mass is 35.5. The first-order valence-corrected chi connectivity index (χ1v) is 5.78. The zero-order chi connectivity index (χ0) is 13.1. The Kier molecular flexibility index (Phi) is 3.69. The van der Waals surface area contributed by atoms with Gasteiger partial charge in [0, 0.05) is 22.8 Å². The summed E-state index contributed by atoms with van der Waals surface area (Å²) in [5, 5.41) is 14.6. The Labute approximate surface area is 113 Å². The SMILES string of the molecule is O=[N+]([O-])c1ccc(Nc2ccc(Cl)cc2Cl)cc1. The van der Waals surface area contributed by atoms with Crippen molar-refractivity contribution in [2.24, 2.45) is 0 Å². The van der Waals surface area contributed by atoms with Crippen LogP contribution in [0.4, 0.5) is 17.1 Å². The lowest BCUT2D eigenvalue weighted by molar-refractivity contribution is -0.384. The molecule has 2 rings (SSSR count). The molecule has 4 nitrogen and oxygen atoms in total. The standard InChI is InChI=1S/C12H8Cl2N2O2/c13-8-1-6-12(11(14)7-8)15-9-2-4-10(5-3-9)16(17)18/h1-7,15H. The van der Waals surface area contributed by atoms with E-state index in [0.29, 0.717) is 21.4 Å². The molecule has 2 aromatic rings. The summed E-state index contributed by atoms with van der Waals surface area (Å²) in [5.74, 6) is 0. The highest BCUT2D eigenvalue weighted by molar-refractivity contribution is 6.36. The minimum absolute atomic E-state index is 0.0442. The highest BCUT2D eigenvalue weighted by Gasteiger charge is 2.05. The molecule has 0 atom stereocenters. The van der Waals surface area contributed by atoms with Crippen molar-refractivity contribution < 1.29 is 4.92 Å². The fourth-order valence-corrected chi connectivity index (χ4v) is 1.87. The Morgan fingerprint density at radius 2 is 1.72 bits per heavy atom. The number of nitro benzene ring substituents is 1. The maximum absolute atomic E-state index is 10.5. The van der Waals surface area contributed by atoms with E-state index in [1.54, 1.807) is 30.3 Å². The molecular formula is C12H8Cl2N2O2. The summed E-state index contributed by atoms with van der Waals surface area (Å²) in [5.41, 5.74) is 1.45. The second-order valence-corrected chi connectivity index (χ2v) is 4.40. The zero-order valence-corrected chi connectivity index (χ0v) is 10.6. The monoisotopic (exact) mass is 282 g/mol. The number of benzene rings is 2. The first-order valence-electron chi connectivity index (χ1n) is 5.03. The molecule has 0 aliphatic heterocycles. The third-order valence-corrected chi connectivity index (χ3v) is 2.84. The molecule has 0 heterocycles. The summed E-state index contributed by atoms with van der Waals surface area (Å²) >= 11 is 11.8. The van der Waals surface area contributed by atoms with E-state index in [-0.39, 0.29) is 5.69 Å². The van der Waals surface area contributed by atoms with Gasteiger partial charge in [-0.1, -0.05) is 23.2 Å². The van der Waals surface area contributed by atoms with E-state index in [4.69, 9.17) is 23.2 Å². The van der Waals surface area contributed by atoms with Gasteiger partial charge in [-0.05, 0) is 30.3 Å². The van der Waals surface area contributed by atoms with Crippen LogP contribution in [0.15, 0.2) is 42.5 Å². The Morgan fingerprint density at radius 1 is 1.06 bits per heavy atom. The summed E-state index contributed by atoms with van der Waals surface area (Å²) in [6, 6.07) is 11.1. The number of rotatable bonds is 3. The van der Waals surface area contributed by atoms with Gasteiger partial charge in [0.1, 0.15) is 0 Å². The van der Waals surface area contributed by atoms with Crippen LogP contribution in [0.3, 0.4) is 0 Å². The number of anilines is 2. The largest absolute Gasteiger partial charge is 0.354 e. The summed E-state index contributed by atoms with van der Waals surface area (Å²) in [6.07, 6.45) is 0. The number of nitrogens with zero attached hydrogens (tertiary/aromatic N) is 1. The maximum atomic E-state index is 10.5. The third-order valence-electron chi connectivity index (χ3n) is 2.29. The minimum atomic E-state index is -0.445. The highest BCUT2D eigenvalue weighted by Crippen LogP contribution is 2.28. The van der Waals surface area contributed by atoms with E-state index < -0.39 is 4.92 Å². The lowest BCUT2D eigenvalue weighted by Crippen LogP contribution is -1.92. The minimum Gasteiger partial charge on any atom is -0.354 e. The fraction of sp³-hybridized carbons (Fsp3) is 0. The summed E-state index contributed by atoms with van der Waals surface area (Å²) in [6.45, 7) is 0. The number of halogens is 2. The number of hydrogen-bond donors (Lipinski definition) is 1. The van der Waals surface area contributed by atoms with Gasteiger partial charge in [-0.3, -0.25) is 10.1 Å². The van der Waals surface area contributed by atoms with Crippen LogP contribution in [0, 0.1) is 10.1 Å². The fourth-order valence-electron chi connectivity index (χ4n) is 1.41. The normalized spacial score (nSPS) is 10.1. The van der Waals surface area contributed by atoms with Crippen molar-refractivity contribution in [3.8, 4) is 0 Å². The van der Waals surface area contributed by atoms with Crippen molar-refractivity contribution in [3.63, 3.8) is 0 Å². The smallest absolute Gasteiger partial charge is 0.269 e. The van der Waals surface area contributed by atoms with Crippen molar-refractivity contribution in [2.45, 2.75) is 0 Å². The summed E-state index contributed by atoms with van der Waals surface area (Å²) in [7, 11) is 0. The van der Waals surface area contributed by atoms with Crippen molar-refractivity contribution in [1.82, 2.24) is 0 Å². The van der Waals surface area contributed by atoms with Gasteiger partial charge in [0.2, 0.25) is 0 Å². The predicted octanol–water partition coefficient (Wildman–Crippen LogP) is 4.65. The number of non-ortho nitro benzene ring substituents is 1. The van der Waals surface area contributed by atoms with Crippen LogP contribution in [0.5, 0.6) is 0 Å². The van der Waals surface area contributed by atoms with Crippen molar-refractivity contribution in [3.05, 3.63) is 62.6 Å². The molecule has 0 fully saturated rings. The molecule has 0 aromatic heterocycles. The second kappa shape index (κ2) is 5.25. The van der Waals surface area contributed by atoms with Crippen molar-refractivity contribution >= 4 is 40.3 Å². The molecule has 0 unspecified atom stereocenters. The van der Waals surface area contributed by atoms with Crippen molar-refractivity contribution in [2.75, 3.05) is 5.32 Å². The zero-order valence-electron chi connectivity index (χ0n) is 9.06. The number of hydrogen-bond acceptors (Lipinski definition) is 3. The third kappa shape index (κ3) is 2.91. The molecular weight excluding hydrogens is 275 g/mol. The van der Waals surface area contributed by atoms with E-state index in [9.17, 15) is 10.1 Å². The van der Waals surface area contributed by atoms with Gasteiger partial charge < -0.3 is 5.32 Å². The van der Waals surface area contributed by atoms with Gasteiger partial charge in [-0.15, -0.1) is 0 Å². The molecule has 18 heavy (non-hydrogen) atoms.